The molecule has 0 N–H and O–H groups in total. The molecule has 0 amide bonds. The molecule has 0 saturated heterocycles. The SMILES string of the molecule is CCCCCCCCCCCCC(=O)C1N=CC(C)=C(C)C1C(=O)CCCCCCCCCCCC. The number of aliphatic imine (C=N–C) groups is 1. The van der Waals surface area contributed by atoms with Gasteiger partial charge in [-0.05, 0) is 32.3 Å². The van der Waals surface area contributed by atoms with Crippen LogP contribution in [0.5, 0.6) is 0 Å². The standard InChI is InChI=1S/C33H59NO2/c1-5-7-9-11-13-15-17-19-21-23-25-30(35)32-29(4)28(3)27-34-33(32)31(36)26-24-22-20-18-16-14-12-10-8-6-2/h27,32-33H,5-26H2,1-4H3. The van der Waals surface area contributed by atoms with Crippen LogP contribution in [0.15, 0.2) is 16.1 Å². The van der Waals surface area contributed by atoms with Crippen molar-refractivity contribution in [3.8, 4) is 0 Å². The first-order valence-electron chi connectivity index (χ1n) is 15.8. The third kappa shape index (κ3) is 14.5. The Kier molecular flexibility index (Phi) is 19.8. The highest BCUT2D eigenvalue weighted by Crippen LogP contribution is 2.29. The number of allylic oxidation sites excluding steroid dienone is 1. The first-order valence-corrected chi connectivity index (χ1v) is 15.8. The Morgan fingerprint density at radius 3 is 1.36 bits per heavy atom. The molecule has 0 saturated carbocycles. The molecule has 3 heteroatoms. The lowest BCUT2D eigenvalue weighted by atomic mass is 9.80. The van der Waals surface area contributed by atoms with Gasteiger partial charge in [-0.1, -0.05) is 135 Å². The van der Waals surface area contributed by atoms with E-state index in [1.807, 2.05) is 20.1 Å². The van der Waals surface area contributed by atoms with Crippen molar-refractivity contribution in [2.75, 3.05) is 0 Å². The van der Waals surface area contributed by atoms with Gasteiger partial charge in [-0.15, -0.1) is 0 Å². The van der Waals surface area contributed by atoms with Gasteiger partial charge in [0.15, 0.2) is 5.78 Å². The molecule has 1 heterocycles. The monoisotopic (exact) mass is 501 g/mol. The summed E-state index contributed by atoms with van der Waals surface area (Å²) in [5, 5.41) is 0. The first-order chi connectivity index (χ1) is 17.5. The fraction of sp³-hybridized carbons (Fsp3) is 0.848. The summed E-state index contributed by atoms with van der Waals surface area (Å²) in [5.41, 5.74) is 2.11. The molecule has 0 aromatic carbocycles. The Hall–Kier alpha value is -1.25. The van der Waals surface area contributed by atoms with Crippen LogP contribution in [0.3, 0.4) is 0 Å². The minimum atomic E-state index is -0.483. The minimum Gasteiger partial charge on any atom is -0.299 e. The number of dihydropyridines is 1. The predicted molar refractivity (Wildman–Crippen MR) is 157 cm³/mol. The first kappa shape index (κ1) is 32.8. The second kappa shape index (κ2) is 21.8. The zero-order valence-corrected chi connectivity index (χ0v) is 24.6. The van der Waals surface area contributed by atoms with E-state index in [2.05, 4.69) is 18.8 Å². The lowest BCUT2D eigenvalue weighted by Crippen LogP contribution is -2.37. The number of unbranched alkanes of at least 4 members (excludes halogenated alkanes) is 18. The molecule has 36 heavy (non-hydrogen) atoms. The lowest BCUT2D eigenvalue weighted by Gasteiger charge is -2.27. The van der Waals surface area contributed by atoms with E-state index in [4.69, 9.17) is 0 Å². The number of carbonyl (C=O) groups excluding carboxylic acids is 2. The Morgan fingerprint density at radius 1 is 0.583 bits per heavy atom. The Bertz CT molecular complexity index is 648. The predicted octanol–water partition coefficient (Wildman–Crippen LogP) is 10.2. The zero-order chi connectivity index (χ0) is 26.4. The number of Topliss-reactive ketones (excluding diaryl/α,β-unsaturated/α-hetero) is 2. The quantitative estimate of drug-likeness (QED) is 0.123. The van der Waals surface area contributed by atoms with Gasteiger partial charge in [0.1, 0.15) is 11.8 Å². The molecule has 2 atom stereocenters. The average molecular weight is 502 g/mol. The van der Waals surface area contributed by atoms with Gasteiger partial charge >= 0.3 is 0 Å². The van der Waals surface area contributed by atoms with Crippen molar-refractivity contribution in [1.29, 1.82) is 0 Å². The van der Waals surface area contributed by atoms with Crippen LogP contribution in [-0.2, 0) is 9.59 Å². The molecule has 1 rings (SSSR count). The third-order valence-electron chi connectivity index (χ3n) is 8.06. The molecule has 1 aliphatic heterocycles. The van der Waals surface area contributed by atoms with Crippen LogP contribution >= 0.6 is 0 Å². The van der Waals surface area contributed by atoms with Crippen molar-refractivity contribution in [2.24, 2.45) is 10.9 Å². The molecule has 0 spiro atoms. The Labute approximate surface area is 224 Å². The van der Waals surface area contributed by atoms with Gasteiger partial charge in [0.2, 0.25) is 0 Å². The number of carbonyl (C=O) groups is 2. The van der Waals surface area contributed by atoms with Gasteiger partial charge in [-0.3, -0.25) is 14.6 Å². The molecule has 0 aliphatic carbocycles. The second-order valence-electron chi connectivity index (χ2n) is 11.4. The van der Waals surface area contributed by atoms with Crippen LogP contribution in [0.2, 0.25) is 0 Å². The van der Waals surface area contributed by atoms with Gasteiger partial charge < -0.3 is 0 Å². The highest BCUT2D eigenvalue weighted by atomic mass is 16.1. The molecule has 208 valence electrons. The molecule has 0 radical (unpaired) electrons. The van der Waals surface area contributed by atoms with E-state index in [1.165, 1.54) is 103 Å². The number of rotatable bonds is 24. The maximum absolute atomic E-state index is 13.2. The van der Waals surface area contributed by atoms with E-state index in [-0.39, 0.29) is 17.5 Å². The maximum Gasteiger partial charge on any atom is 0.158 e. The van der Waals surface area contributed by atoms with Gasteiger partial charge in [-0.25, -0.2) is 0 Å². The van der Waals surface area contributed by atoms with Crippen LogP contribution < -0.4 is 0 Å². The summed E-state index contributed by atoms with van der Waals surface area (Å²) in [6, 6.07) is -0.483. The van der Waals surface area contributed by atoms with Crippen LogP contribution in [-0.4, -0.2) is 23.8 Å². The number of hydrogen-bond donors (Lipinski definition) is 0. The Morgan fingerprint density at radius 2 is 0.944 bits per heavy atom. The van der Waals surface area contributed by atoms with Gasteiger partial charge in [0, 0.05) is 19.1 Å². The molecule has 0 aromatic rings. The zero-order valence-electron chi connectivity index (χ0n) is 24.6. The summed E-state index contributed by atoms with van der Waals surface area (Å²) >= 11 is 0. The average Bonchev–Trinajstić information content (AvgIpc) is 2.87. The molecule has 0 fully saturated rings. The van der Waals surface area contributed by atoms with Crippen LogP contribution in [0.4, 0.5) is 0 Å². The van der Waals surface area contributed by atoms with Gasteiger partial charge in [0.05, 0.1) is 5.92 Å². The highest BCUT2D eigenvalue weighted by Gasteiger charge is 2.35. The molecule has 2 unspecified atom stereocenters. The van der Waals surface area contributed by atoms with Crippen molar-refractivity contribution in [3.63, 3.8) is 0 Å². The summed E-state index contributed by atoms with van der Waals surface area (Å²) in [4.78, 5) is 30.8. The molecule has 0 aromatic heterocycles. The van der Waals surface area contributed by atoms with Gasteiger partial charge in [0.25, 0.3) is 0 Å². The number of hydrogen-bond acceptors (Lipinski definition) is 3. The van der Waals surface area contributed by atoms with E-state index in [0.717, 1.165) is 36.8 Å². The minimum absolute atomic E-state index is 0.166. The van der Waals surface area contributed by atoms with E-state index < -0.39 is 6.04 Å². The smallest absolute Gasteiger partial charge is 0.158 e. The van der Waals surface area contributed by atoms with Crippen molar-refractivity contribution in [3.05, 3.63) is 11.1 Å². The molecule has 3 nitrogen and oxygen atoms in total. The van der Waals surface area contributed by atoms with Gasteiger partial charge in [-0.2, -0.15) is 0 Å². The second-order valence-corrected chi connectivity index (χ2v) is 11.4. The van der Waals surface area contributed by atoms with E-state index in [0.29, 0.717) is 12.8 Å². The molecular weight excluding hydrogens is 442 g/mol. The largest absolute Gasteiger partial charge is 0.299 e. The van der Waals surface area contributed by atoms with Crippen LogP contribution in [0, 0.1) is 5.92 Å². The van der Waals surface area contributed by atoms with Crippen molar-refractivity contribution < 1.29 is 9.59 Å². The fourth-order valence-electron chi connectivity index (χ4n) is 5.43. The van der Waals surface area contributed by atoms with Crippen molar-refractivity contribution in [2.45, 2.75) is 175 Å². The summed E-state index contributed by atoms with van der Waals surface area (Å²) in [6.07, 6.45) is 28.3. The van der Waals surface area contributed by atoms with Crippen molar-refractivity contribution in [1.82, 2.24) is 0 Å². The van der Waals surface area contributed by atoms with Crippen LogP contribution in [0.1, 0.15) is 169 Å². The van der Waals surface area contributed by atoms with E-state index in [1.54, 1.807) is 0 Å². The summed E-state index contributed by atoms with van der Waals surface area (Å²) in [5.74, 6) is 0.0629. The summed E-state index contributed by atoms with van der Waals surface area (Å²) in [7, 11) is 0. The topological polar surface area (TPSA) is 46.5 Å². The summed E-state index contributed by atoms with van der Waals surface area (Å²) in [6.45, 7) is 8.57. The third-order valence-corrected chi connectivity index (χ3v) is 8.06. The van der Waals surface area contributed by atoms with Crippen molar-refractivity contribution >= 4 is 17.8 Å². The highest BCUT2D eigenvalue weighted by molar-refractivity contribution is 5.98. The number of ketones is 2. The summed E-state index contributed by atoms with van der Waals surface area (Å²) < 4.78 is 0. The van der Waals surface area contributed by atoms with E-state index in [9.17, 15) is 9.59 Å². The number of nitrogens with zero attached hydrogens (tertiary/aromatic N) is 1. The fourth-order valence-corrected chi connectivity index (χ4v) is 5.43. The lowest BCUT2D eigenvalue weighted by molar-refractivity contribution is -0.128. The molecule has 0 bridgehead atoms. The molecular formula is C33H59NO2. The normalized spacial score (nSPS) is 17.7. The van der Waals surface area contributed by atoms with Crippen LogP contribution in [0.25, 0.3) is 0 Å². The maximum atomic E-state index is 13.2. The Balaban J connectivity index is 2.29. The van der Waals surface area contributed by atoms with E-state index >= 15 is 0 Å². The molecule has 1 aliphatic rings.